The van der Waals surface area contributed by atoms with Gasteiger partial charge in [-0.2, -0.15) is 0 Å². The van der Waals surface area contributed by atoms with E-state index in [0.29, 0.717) is 29.1 Å². The number of carbonyl (C=O) groups excluding carboxylic acids is 1. The number of allylic oxidation sites excluding steroid dienone is 1. The number of halogens is 1. The lowest BCUT2D eigenvalue weighted by Gasteiger charge is -2.39. The molecule has 230 valence electrons. The highest BCUT2D eigenvalue weighted by atomic mass is 35.5. The van der Waals surface area contributed by atoms with Gasteiger partial charge >= 0.3 is 5.97 Å². The number of hydrogen-bond donors (Lipinski definition) is 1. The lowest BCUT2D eigenvalue weighted by molar-refractivity contribution is 0.0523. The van der Waals surface area contributed by atoms with Crippen molar-refractivity contribution >= 4 is 39.7 Å². The van der Waals surface area contributed by atoms with Crippen LogP contribution in [-0.2, 0) is 4.74 Å². The molecule has 3 aromatic carbocycles. The number of carbonyl (C=O) groups is 1. The monoisotopic (exact) mass is 611 g/mol. The third kappa shape index (κ3) is 6.52. The molecule has 0 saturated carbocycles. The fourth-order valence-corrected chi connectivity index (χ4v) is 6.71. The molecule has 1 aliphatic carbocycles. The van der Waals surface area contributed by atoms with Crippen molar-refractivity contribution in [2.45, 2.75) is 47.0 Å². The van der Waals surface area contributed by atoms with Crippen LogP contribution in [0.25, 0.3) is 16.5 Å². The quantitative estimate of drug-likeness (QED) is 0.202. The van der Waals surface area contributed by atoms with Crippen molar-refractivity contribution in [3.05, 3.63) is 94.1 Å². The molecule has 4 aromatic rings. The van der Waals surface area contributed by atoms with Crippen molar-refractivity contribution in [2.75, 3.05) is 44.2 Å². The second-order valence-corrected chi connectivity index (χ2v) is 13.3. The zero-order chi connectivity index (χ0) is 30.8. The molecular weight excluding hydrogens is 570 g/mol. The van der Waals surface area contributed by atoms with Gasteiger partial charge in [0.15, 0.2) is 0 Å². The Morgan fingerprint density at radius 3 is 2.52 bits per heavy atom. The molecule has 0 amide bonds. The number of nitrogens with one attached hydrogen (secondary N) is 1. The van der Waals surface area contributed by atoms with E-state index in [4.69, 9.17) is 21.1 Å². The zero-order valence-corrected chi connectivity index (χ0v) is 27.0. The summed E-state index contributed by atoms with van der Waals surface area (Å²) in [5.74, 6) is 0.852. The normalized spacial score (nSPS) is 17.2. The van der Waals surface area contributed by atoms with Crippen LogP contribution in [0.4, 0.5) is 5.69 Å². The molecule has 6 rings (SSSR count). The Morgan fingerprint density at radius 1 is 1.00 bits per heavy atom. The number of aromatic amines is 1. The molecule has 0 bridgehead atoms. The van der Waals surface area contributed by atoms with Gasteiger partial charge in [0, 0.05) is 66.6 Å². The predicted octanol–water partition coefficient (Wildman–Crippen LogP) is 8.88. The highest BCUT2D eigenvalue weighted by Gasteiger charge is 2.29. The number of fused-ring (bicyclic) bond motifs is 1. The number of nitrogens with zero attached hydrogens (tertiary/aromatic N) is 2. The van der Waals surface area contributed by atoms with Crippen LogP contribution in [0, 0.1) is 12.3 Å². The van der Waals surface area contributed by atoms with Gasteiger partial charge in [0.2, 0.25) is 0 Å². The maximum atomic E-state index is 12.9. The van der Waals surface area contributed by atoms with Gasteiger partial charge < -0.3 is 19.4 Å². The Balaban J connectivity index is 1.20. The first-order valence-electron chi connectivity index (χ1n) is 15.7. The molecule has 1 aliphatic heterocycles. The molecule has 1 N–H and O–H groups in total. The number of esters is 1. The number of rotatable bonds is 8. The van der Waals surface area contributed by atoms with Gasteiger partial charge in [0.1, 0.15) is 17.1 Å². The third-order valence-corrected chi connectivity index (χ3v) is 9.33. The molecule has 0 spiro atoms. The minimum absolute atomic E-state index is 0.304. The van der Waals surface area contributed by atoms with E-state index in [2.05, 4.69) is 47.7 Å². The van der Waals surface area contributed by atoms with Crippen LogP contribution in [0.2, 0.25) is 5.02 Å². The number of hydrogen-bond acceptors (Lipinski definition) is 5. The number of aryl methyl sites for hydroxylation is 1. The van der Waals surface area contributed by atoms with E-state index in [9.17, 15) is 4.79 Å². The van der Waals surface area contributed by atoms with Gasteiger partial charge in [-0.15, -0.1) is 0 Å². The van der Waals surface area contributed by atoms with Crippen molar-refractivity contribution in [1.29, 1.82) is 0 Å². The molecule has 2 aliphatic rings. The summed E-state index contributed by atoms with van der Waals surface area (Å²) in [6.07, 6.45) is 5.41. The number of anilines is 1. The first-order valence-corrected chi connectivity index (χ1v) is 16.1. The smallest absolute Gasteiger partial charge is 0.341 e. The van der Waals surface area contributed by atoms with E-state index in [1.807, 2.05) is 61.7 Å². The Hall–Kier alpha value is -3.74. The van der Waals surface area contributed by atoms with E-state index in [1.54, 1.807) is 5.57 Å². The lowest BCUT2D eigenvalue weighted by Crippen LogP contribution is -2.47. The number of aromatic nitrogens is 1. The van der Waals surface area contributed by atoms with Crippen LogP contribution < -0.4 is 9.64 Å². The molecule has 0 radical (unpaired) electrons. The standard InChI is InChI=1S/C37H42ClN3O3/c1-5-43-36(42)30-14-13-29(21-34(30)44-33-8-6-7-32-35(33)25(2)23-39-32)41-19-17-40(18-20-41)24-27-15-16-37(3,4)22-31(27)26-9-11-28(38)12-10-26/h6-14,21,23,39H,5,15-20,22,24H2,1-4H3. The molecular formula is C37H42ClN3O3. The molecule has 1 saturated heterocycles. The number of benzene rings is 3. The molecule has 7 heteroatoms. The topological polar surface area (TPSA) is 57.8 Å². The highest BCUT2D eigenvalue weighted by Crippen LogP contribution is 2.43. The number of ether oxygens (including phenoxy) is 2. The van der Waals surface area contributed by atoms with Crippen molar-refractivity contribution in [2.24, 2.45) is 5.41 Å². The summed E-state index contributed by atoms with van der Waals surface area (Å²) in [5.41, 5.74) is 8.23. The number of piperazine rings is 1. The summed E-state index contributed by atoms with van der Waals surface area (Å²) < 4.78 is 11.9. The van der Waals surface area contributed by atoms with Crippen LogP contribution in [0.5, 0.6) is 11.5 Å². The summed E-state index contributed by atoms with van der Waals surface area (Å²) >= 11 is 6.21. The van der Waals surface area contributed by atoms with Crippen LogP contribution in [0.3, 0.4) is 0 Å². The van der Waals surface area contributed by atoms with E-state index < -0.39 is 0 Å². The average molecular weight is 612 g/mol. The van der Waals surface area contributed by atoms with Crippen molar-refractivity contribution < 1.29 is 14.3 Å². The molecule has 6 nitrogen and oxygen atoms in total. The second-order valence-electron chi connectivity index (χ2n) is 12.8. The minimum atomic E-state index is -0.378. The summed E-state index contributed by atoms with van der Waals surface area (Å²) in [6.45, 7) is 13.7. The molecule has 1 aromatic heterocycles. The summed E-state index contributed by atoms with van der Waals surface area (Å²) in [5, 5.41) is 1.79. The largest absolute Gasteiger partial charge is 0.462 e. The number of H-pyrrole nitrogens is 1. The van der Waals surface area contributed by atoms with Crippen LogP contribution in [0.15, 0.2) is 72.4 Å². The van der Waals surface area contributed by atoms with E-state index in [1.165, 1.54) is 17.6 Å². The van der Waals surface area contributed by atoms with Crippen LogP contribution in [-0.4, -0.2) is 55.2 Å². The SMILES string of the molecule is CCOC(=O)c1ccc(N2CCN(CC3=C(c4ccc(Cl)cc4)CC(C)(C)CC3)CC2)cc1Oc1cccc2[nH]cc(C)c12. The molecule has 44 heavy (non-hydrogen) atoms. The molecule has 2 heterocycles. The summed E-state index contributed by atoms with van der Waals surface area (Å²) in [7, 11) is 0. The average Bonchev–Trinajstić information content (AvgIpc) is 3.40. The highest BCUT2D eigenvalue weighted by molar-refractivity contribution is 6.30. The van der Waals surface area contributed by atoms with E-state index >= 15 is 0 Å². The van der Waals surface area contributed by atoms with Gasteiger partial charge in [-0.25, -0.2) is 4.79 Å². The lowest BCUT2D eigenvalue weighted by atomic mass is 9.72. The van der Waals surface area contributed by atoms with Gasteiger partial charge in [0.25, 0.3) is 0 Å². The van der Waals surface area contributed by atoms with E-state index in [-0.39, 0.29) is 5.97 Å². The first-order chi connectivity index (χ1) is 21.2. The fourth-order valence-electron chi connectivity index (χ4n) is 6.59. The fraction of sp³-hybridized carbons (Fsp3) is 0.378. The van der Waals surface area contributed by atoms with E-state index in [0.717, 1.165) is 72.7 Å². The van der Waals surface area contributed by atoms with Gasteiger partial charge in [-0.1, -0.05) is 49.2 Å². The minimum Gasteiger partial charge on any atom is -0.462 e. The summed E-state index contributed by atoms with van der Waals surface area (Å²) in [6, 6.07) is 20.1. The first kappa shape index (κ1) is 30.3. The van der Waals surface area contributed by atoms with Crippen LogP contribution >= 0.6 is 11.6 Å². The second kappa shape index (κ2) is 12.7. The maximum absolute atomic E-state index is 12.9. The molecule has 0 unspecified atom stereocenters. The predicted molar refractivity (Wildman–Crippen MR) is 180 cm³/mol. The Morgan fingerprint density at radius 2 is 1.77 bits per heavy atom. The molecule has 0 atom stereocenters. The van der Waals surface area contributed by atoms with Crippen molar-refractivity contribution in [3.63, 3.8) is 0 Å². The Bertz CT molecular complexity index is 1680. The van der Waals surface area contributed by atoms with Crippen molar-refractivity contribution in [3.8, 4) is 11.5 Å². The Kier molecular flexibility index (Phi) is 8.75. The van der Waals surface area contributed by atoms with Gasteiger partial charge in [-0.3, -0.25) is 4.90 Å². The third-order valence-electron chi connectivity index (χ3n) is 9.08. The summed E-state index contributed by atoms with van der Waals surface area (Å²) in [4.78, 5) is 21.2. The zero-order valence-electron chi connectivity index (χ0n) is 26.2. The Labute approximate surface area is 265 Å². The molecule has 1 fully saturated rings. The van der Waals surface area contributed by atoms with Gasteiger partial charge in [0.05, 0.1) is 6.61 Å². The van der Waals surface area contributed by atoms with Crippen LogP contribution in [0.1, 0.15) is 61.5 Å². The van der Waals surface area contributed by atoms with Crippen molar-refractivity contribution in [1.82, 2.24) is 9.88 Å². The van der Waals surface area contributed by atoms with Gasteiger partial charge in [-0.05, 0) is 91.6 Å². The maximum Gasteiger partial charge on any atom is 0.341 e.